The van der Waals surface area contributed by atoms with E-state index in [-0.39, 0.29) is 0 Å². The van der Waals surface area contributed by atoms with E-state index in [0.717, 1.165) is 11.5 Å². The molecule has 0 aliphatic heterocycles. The number of aryl methyl sites for hydroxylation is 1. The molecule has 0 atom stereocenters. The van der Waals surface area contributed by atoms with Crippen molar-refractivity contribution in [2.24, 2.45) is 7.05 Å². The molecule has 1 aromatic carbocycles. The van der Waals surface area contributed by atoms with Gasteiger partial charge in [-0.25, -0.2) is 0 Å². The molecule has 1 aromatic heterocycles. The molecule has 0 saturated carbocycles. The van der Waals surface area contributed by atoms with Gasteiger partial charge in [-0.3, -0.25) is 4.68 Å². The summed E-state index contributed by atoms with van der Waals surface area (Å²) >= 11 is 11.0. The Morgan fingerprint density at radius 3 is 2.53 bits per heavy atom. The zero-order chi connectivity index (χ0) is 12.3. The zero-order valence-electron chi connectivity index (χ0n) is 9.14. The summed E-state index contributed by atoms with van der Waals surface area (Å²) in [6.07, 6.45) is 1.70. The van der Waals surface area contributed by atoms with Gasteiger partial charge in [-0.2, -0.15) is 5.10 Å². The molecule has 1 heterocycles. The highest BCUT2D eigenvalue weighted by molar-refractivity contribution is 7.80. The summed E-state index contributed by atoms with van der Waals surface area (Å²) in [5.74, 6) is 0.830. The number of halogens is 1. The normalized spacial score (nSPS) is 10.0. The quantitative estimate of drug-likeness (QED) is 0.821. The highest BCUT2D eigenvalue weighted by Gasteiger charge is 2.01. The van der Waals surface area contributed by atoms with Crippen LogP contribution in [-0.4, -0.2) is 14.9 Å². The number of nitrogens with one attached hydrogen (secondary N) is 2. The van der Waals surface area contributed by atoms with Crippen LogP contribution in [0.3, 0.4) is 0 Å². The van der Waals surface area contributed by atoms with Crippen LogP contribution in [-0.2, 0) is 7.05 Å². The number of hydrogen-bond acceptors (Lipinski definition) is 2. The van der Waals surface area contributed by atoms with Crippen molar-refractivity contribution in [3.05, 3.63) is 41.6 Å². The van der Waals surface area contributed by atoms with Gasteiger partial charge in [0, 0.05) is 23.8 Å². The van der Waals surface area contributed by atoms with Crippen molar-refractivity contribution >= 4 is 40.4 Å². The molecule has 2 rings (SSSR count). The Morgan fingerprint density at radius 1 is 1.24 bits per heavy atom. The van der Waals surface area contributed by atoms with E-state index in [1.165, 1.54) is 0 Å². The third-order valence-corrected chi connectivity index (χ3v) is 2.62. The van der Waals surface area contributed by atoms with Crippen LogP contribution in [0.5, 0.6) is 0 Å². The monoisotopic (exact) mass is 266 g/mol. The van der Waals surface area contributed by atoms with Gasteiger partial charge in [-0.1, -0.05) is 11.6 Å². The first-order valence-electron chi connectivity index (χ1n) is 4.97. The van der Waals surface area contributed by atoms with Gasteiger partial charge in [0.1, 0.15) is 5.82 Å². The lowest BCUT2D eigenvalue weighted by atomic mass is 10.3. The molecule has 4 nitrogen and oxygen atoms in total. The van der Waals surface area contributed by atoms with Gasteiger partial charge in [-0.15, -0.1) is 0 Å². The molecule has 0 aliphatic carbocycles. The van der Waals surface area contributed by atoms with E-state index in [2.05, 4.69) is 15.7 Å². The van der Waals surface area contributed by atoms with Crippen molar-refractivity contribution in [1.82, 2.24) is 9.78 Å². The minimum atomic E-state index is 0.510. The van der Waals surface area contributed by atoms with Gasteiger partial charge in [0.25, 0.3) is 0 Å². The molecule has 0 amide bonds. The lowest BCUT2D eigenvalue weighted by Gasteiger charge is -2.10. The molecular weight excluding hydrogens is 256 g/mol. The molecular formula is C11H11ClN4S. The number of thiocarbonyl (C=S) groups is 1. The van der Waals surface area contributed by atoms with Crippen LogP contribution in [0.2, 0.25) is 5.02 Å². The minimum Gasteiger partial charge on any atom is -0.332 e. The van der Waals surface area contributed by atoms with E-state index >= 15 is 0 Å². The molecule has 0 radical (unpaired) electrons. The average molecular weight is 267 g/mol. The highest BCUT2D eigenvalue weighted by atomic mass is 35.5. The maximum atomic E-state index is 5.80. The molecule has 2 aromatic rings. The fourth-order valence-corrected chi connectivity index (χ4v) is 1.66. The van der Waals surface area contributed by atoms with Gasteiger partial charge >= 0.3 is 0 Å². The second-order valence-corrected chi connectivity index (χ2v) is 4.27. The van der Waals surface area contributed by atoms with E-state index in [9.17, 15) is 0 Å². The molecule has 0 fully saturated rings. The molecule has 88 valence electrons. The molecule has 6 heteroatoms. The molecule has 0 unspecified atom stereocenters. The third-order valence-electron chi connectivity index (χ3n) is 2.16. The number of hydrogen-bond donors (Lipinski definition) is 2. The Morgan fingerprint density at radius 2 is 1.94 bits per heavy atom. The van der Waals surface area contributed by atoms with Crippen molar-refractivity contribution in [1.29, 1.82) is 0 Å². The summed E-state index contributed by atoms with van der Waals surface area (Å²) in [5, 5.41) is 11.3. The van der Waals surface area contributed by atoms with Crippen molar-refractivity contribution < 1.29 is 0 Å². The maximum Gasteiger partial charge on any atom is 0.176 e. The largest absolute Gasteiger partial charge is 0.332 e. The average Bonchev–Trinajstić information content (AvgIpc) is 2.68. The highest BCUT2D eigenvalue weighted by Crippen LogP contribution is 2.13. The predicted octanol–water partition coefficient (Wildman–Crippen LogP) is 2.88. The van der Waals surface area contributed by atoms with E-state index in [1.807, 2.05) is 25.2 Å². The Balaban J connectivity index is 1.98. The summed E-state index contributed by atoms with van der Waals surface area (Å²) in [6.45, 7) is 0. The number of benzene rings is 1. The minimum absolute atomic E-state index is 0.510. The van der Waals surface area contributed by atoms with Gasteiger partial charge in [0.15, 0.2) is 5.11 Å². The van der Waals surface area contributed by atoms with Crippen LogP contribution < -0.4 is 10.6 Å². The van der Waals surface area contributed by atoms with E-state index in [4.69, 9.17) is 23.8 Å². The predicted molar refractivity (Wildman–Crippen MR) is 74.5 cm³/mol. The number of rotatable bonds is 2. The van der Waals surface area contributed by atoms with Crippen LogP contribution in [0.15, 0.2) is 36.5 Å². The summed E-state index contributed by atoms with van der Waals surface area (Å²) < 4.78 is 1.70. The smallest absolute Gasteiger partial charge is 0.176 e. The maximum absolute atomic E-state index is 5.80. The Labute approximate surface area is 110 Å². The number of nitrogens with zero attached hydrogens (tertiary/aromatic N) is 2. The van der Waals surface area contributed by atoms with Crippen LogP contribution in [0.25, 0.3) is 0 Å². The first kappa shape index (κ1) is 11.9. The Bertz CT molecular complexity index is 521. The summed E-state index contributed by atoms with van der Waals surface area (Å²) in [6, 6.07) is 9.17. The van der Waals surface area contributed by atoms with Crippen molar-refractivity contribution in [3.8, 4) is 0 Å². The van der Waals surface area contributed by atoms with Crippen molar-refractivity contribution in [2.45, 2.75) is 0 Å². The third kappa shape index (κ3) is 3.18. The standard InChI is InChI=1S/C11H11ClN4S/c1-16-10(6-7-13-16)15-11(17)14-9-4-2-8(12)3-5-9/h2-7H,1H3,(H2,14,15,17). The van der Waals surface area contributed by atoms with Gasteiger partial charge < -0.3 is 10.6 Å². The molecule has 2 N–H and O–H groups in total. The van der Waals surface area contributed by atoms with Crippen molar-refractivity contribution in [2.75, 3.05) is 10.6 Å². The fraction of sp³-hybridized carbons (Fsp3) is 0.0909. The first-order valence-corrected chi connectivity index (χ1v) is 5.75. The van der Waals surface area contributed by atoms with Gasteiger partial charge in [0.2, 0.25) is 0 Å². The molecule has 0 bridgehead atoms. The zero-order valence-corrected chi connectivity index (χ0v) is 10.7. The summed E-state index contributed by atoms with van der Waals surface area (Å²) in [4.78, 5) is 0. The van der Waals surface area contributed by atoms with Crippen LogP contribution in [0.4, 0.5) is 11.5 Å². The molecule has 0 spiro atoms. The lowest BCUT2D eigenvalue weighted by molar-refractivity contribution is 0.778. The van der Waals surface area contributed by atoms with Crippen LogP contribution >= 0.6 is 23.8 Å². The Hall–Kier alpha value is -1.59. The fourth-order valence-electron chi connectivity index (χ4n) is 1.31. The molecule has 0 saturated heterocycles. The number of anilines is 2. The van der Waals surface area contributed by atoms with Crippen LogP contribution in [0, 0.1) is 0 Å². The molecule has 0 aliphatic rings. The van der Waals surface area contributed by atoms with Crippen molar-refractivity contribution in [3.63, 3.8) is 0 Å². The van der Waals surface area contributed by atoms with E-state index in [1.54, 1.807) is 23.0 Å². The van der Waals surface area contributed by atoms with Gasteiger partial charge in [0.05, 0.1) is 6.20 Å². The lowest BCUT2D eigenvalue weighted by Crippen LogP contribution is -2.20. The van der Waals surface area contributed by atoms with Gasteiger partial charge in [-0.05, 0) is 36.5 Å². The second-order valence-electron chi connectivity index (χ2n) is 3.43. The summed E-state index contributed by atoms with van der Waals surface area (Å²) in [7, 11) is 1.84. The number of aromatic nitrogens is 2. The first-order chi connectivity index (χ1) is 8.15. The Kier molecular flexibility index (Phi) is 3.61. The summed E-state index contributed by atoms with van der Waals surface area (Å²) in [5.41, 5.74) is 0.883. The second kappa shape index (κ2) is 5.16. The van der Waals surface area contributed by atoms with E-state index < -0.39 is 0 Å². The molecule has 17 heavy (non-hydrogen) atoms. The van der Waals surface area contributed by atoms with Crippen LogP contribution in [0.1, 0.15) is 0 Å². The van der Waals surface area contributed by atoms with E-state index in [0.29, 0.717) is 10.1 Å². The SMILES string of the molecule is Cn1nccc1NC(=S)Nc1ccc(Cl)cc1. The topological polar surface area (TPSA) is 41.9 Å².